The number of hydrogen-bond donors (Lipinski definition) is 2. The molecule has 36 heavy (non-hydrogen) atoms. The maximum Gasteiger partial charge on any atom is 0.303 e. The molecule has 0 aromatic heterocycles. The summed E-state index contributed by atoms with van der Waals surface area (Å²) >= 11 is 0. The van der Waals surface area contributed by atoms with Gasteiger partial charge in [-0.25, -0.2) is 0 Å². The highest BCUT2D eigenvalue weighted by molar-refractivity contribution is 6.99. The average molecular weight is 515 g/mol. The van der Waals surface area contributed by atoms with Gasteiger partial charge in [-0.05, 0) is 42.1 Å². The zero-order valence-electron chi connectivity index (χ0n) is 22.2. The summed E-state index contributed by atoms with van der Waals surface area (Å²) in [4.78, 5) is 10.7. The summed E-state index contributed by atoms with van der Waals surface area (Å²) in [6.07, 6.45) is 0.426. The number of aliphatic carboxylic acids is 1. The number of carboxylic acids is 1. The fourth-order valence-electron chi connectivity index (χ4n) is 5.12. The van der Waals surface area contributed by atoms with E-state index in [0.29, 0.717) is 12.8 Å². The minimum Gasteiger partial charge on any atom is -0.481 e. The third-order valence-electron chi connectivity index (χ3n) is 7.02. The predicted molar refractivity (Wildman–Crippen MR) is 144 cm³/mol. The molecular weight excluding hydrogens is 472 g/mol. The smallest absolute Gasteiger partial charge is 0.303 e. The number of ether oxygens (including phenoxy) is 2. The predicted octanol–water partition coefficient (Wildman–Crippen LogP) is 4.48. The highest BCUT2D eigenvalue weighted by Crippen LogP contribution is 2.39. The molecule has 7 heteroatoms. The molecule has 1 fully saturated rings. The van der Waals surface area contributed by atoms with Crippen LogP contribution in [0.15, 0.2) is 60.7 Å². The van der Waals surface area contributed by atoms with Crippen molar-refractivity contribution in [2.45, 2.75) is 102 Å². The molecule has 0 spiro atoms. The summed E-state index contributed by atoms with van der Waals surface area (Å²) in [5.41, 5.74) is 0. The van der Waals surface area contributed by atoms with Crippen LogP contribution >= 0.6 is 0 Å². The van der Waals surface area contributed by atoms with Gasteiger partial charge in [0.05, 0.1) is 18.3 Å². The molecule has 1 aliphatic rings. The van der Waals surface area contributed by atoms with E-state index >= 15 is 0 Å². The van der Waals surface area contributed by atoms with E-state index in [2.05, 4.69) is 69.3 Å². The summed E-state index contributed by atoms with van der Waals surface area (Å²) in [5, 5.41) is 22.0. The van der Waals surface area contributed by atoms with Crippen LogP contribution in [0.25, 0.3) is 0 Å². The Morgan fingerprint density at radius 3 is 2.11 bits per heavy atom. The van der Waals surface area contributed by atoms with Crippen molar-refractivity contribution in [3.8, 4) is 0 Å². The zero-order valence-corrected chi connectivity index (χ0v) is 23.2. The lowest BCUT2D eigenvalue weighted by Gasteiger charge is -2.48. The van der Waals surface area contributed by atoms with Gasteiger partial charge in [-0.1, -0.05) is 87.9 Å². The van der Waals surface area contributed by atoms with Crippen LogP contribution in [-0.2, 0) is 18.7 Å². The van der Waals surface area contributed by atoms with Crippen molar-refractivity contribution in [2.75, 3.05) is 0 Å². The molecule has 0 unspecified atom stereocenters. The van der Waals surface area contributed by atoms with Gasteiger partial charge in [-0.15, -0.1) is 0 Å². The Bertz CT molecular complexity index is 906. The van der Waals surface area contributed by atoms with Crippen molar-refractivity contribution in [2.24, 2.45) is 0 Å². The lowest BCUT2D eigenvalue weighted by molar-refractivity contribution is -0.271. The monoisotopic (exact) mass is 514 g/mol. The Balaban J connectivity index is 1.78. The van der Waals surface area contributed by atoms with Crippen LogP contribution in [0.4, 0.5) is 0 Å². The first kappa shape index (κ1) is 28.5. The van der Waals surface area contributed by atoms with E-state index < -0.39 is 26.7 Å². The van der Waals surface area contributed by atoms with E-state index in [1.54, 1.807) is 0 Å². The molecular formula is C29H42O6Si. The normalized spacial score (nSPS) is 23.8. The fourth-order valence-corrected chi connectivity index (χ4v) is 9.88. The SMILES string of the molecule is C[C@H](CCCCC(=O)O)O[C@@H]1O[C@@H](C)[C@H](O[Si](c2ccccc2)(c2ccccc2)C(C)(C)C)C[C@H]1O. The highest BCUT2D eigenvalue weighted by Gasteiger charge is 2.53. The van der Waals surface area contributed by atoms with Crippen molar-refractivity contribution in [3.63, 3.8) is 0 Å². The highest BCUT2D eigenvalue weighted by atomic mass is 28.4. The molecule has 0 radical (unpaired) electrons. The molecule has 5 atom stereocenters. The van der Waals surface area contributed by atoms with E-state index in [1.165, 1.54) is 10.4 Å². The van der Waals surface area contributed by atoms with Gasteiger partial charge in [-0.2, -0.15) is 0 Å². The number of carboxylic acid groups (broad SMARTS) is 1. The molecule has 2 aromatic carbocycles. The second-order valence-electron chi connectivity index (χ2n) is 10.9. The average Bonchev–Trinajstić information content (AvgIpc) is 2.83. The first-order valence-corrected chi connectivity index (χ1v) is 14.9. The third-order valence-corrected chi connectivity index (χ3v) is 12.1. The van der Waals surface area contributed by atoms with Gasteiger partial charge in [0, 0.05) is 12.8 Å². The van der Waals surface area contributed by atoms with Crippen LogP contribution < -0.4 is 10.4 Å². The summed E-state index contributed by atoms with van der Waals surface area (Å²) in [5.74, 6) is -0.782. The van der Waals surface area contributed by atoms with Crippen molar-refractivity contribution in [1.82, 2.24) is 0 Å². The molecule has 0 aliphatic carbocycles. The Morgan fingerprint density at radius 1 is 1.06 bits per heavy atom. The molecule has 0 amide bonds. The van der Waals surface area contributed by atoms with E-state index in [-0.39, 0.29) is 29.8 Å². The summed E-state index contributed by atoms with van der Waals surface area (Å²) < 4.78 is 19.4. The molecule has 0 saturated carbocycles. The summed E-state index contributed by atoms with van der Waals surface area (Å²) in [6, 6.07) is 20.9. The first-order chi connectivity index (χ1) is 17.0. The fraction of sp³-hybridized carbons (Fsp3) is 0.552. The topological polar surface area (TPSA) is 85.2 Å². The first-order valence-electron chi connectivity index (χ1n) is 13.0. The molecule has 3 rings (SSSR count). The van der Waals surface area contributed by atoms with Gasteiger partial charge in [-0.3, -0.25) is 4.79 Å². The number of benzene rings is 2. The minimum atomic E-state index is -2.77. The lowest BCUT2D eigenvalue weighted by Crippen LogP contribution is -2.69. The van der Waals surface area contributed by atoms with Crippen molar-refractivity contribution >= 4 is 24.7 Å². The van der Waals surface area contributed by atoms with Gasteiger partial charge >= 0.3 is 5.97 Å². The number of unbranched alkanes of at least 4 members (excludes halogenated alkanes) is 1. The molecule has 6 nitrogen and oxygen atoms in total. The molecule has 1 saturated heterocycles. The van der Waals surface area contributed by atoms with Gasteiger partial charge < -0.3 is 24.1 Å². The standard InChI is InChI=1S/C29H42O6Si/c1-21(14-12-13-19-27(31)32)33-28-25(30)20-26(22(2)34-28)35-36(29(3,4)5,23-15-8-6-9-16-23)24-17-10-7-11-18-24/h6-11,15-18,21-22,25-26,28,30H,12-14,19-20H2,1-5H3,(H,31,32)/t21-,22+,25-,26-,28-/m1/s1. The second-order valence-corrected chi connectivity index (χ2v) is 15.2. The number of carbonyl (C=O) groups is 1. The number of rotatable bonds is 11. The van der Waals surface area contributed by atoms with Gasteiger partial charge in [0.25, 0.3) is 8.32 Å². The van der Waals surface area contributed by atoms with Crippen LogP contribution in [-0.4, -0.2) is 55.2 Å². The molecule has 198 valence electrons. The van der Waals surface area contributed by atoms with Gasteiger partial charge in [0.1, 0.15) is 6.10 Å². The Labute approximate surface area is 216 Å². The van der Waals surface area contributed by atoms with Gasteiger partial charge in [0.2, 0.25) is 0 Å². The van der Waals surface area contributed by atoms with Crippen LogP contribution in [0.3, 0.4) is 0 Å². The maximum absolute atomic E-state index is 11.0. The Hall–Kier alpha value is -2.03. The number of hydrogen-bond acceptors (Lipinski definition) is 5. The van der Waals surface area contributed by atoms with Gasteiger partial charge in [0.15, 0.2) is 6.29 Å². The van der Waals surface area contributed by atoms with Crippen LogP contribution in [0.1, 0.15) is 66.7 Å². The Kier molecular flexibility index (Phi) is 9.89. The quantitative estimate of drug-likeness (QED) is 0.340. The van der Waals surface area contributed by atoms with E-state index in [0.717, 1.165) is 12.8 Å². The van der Waals surface area contributed by atoms with Crippen LogP contribution in [0, 0.1) is 0 Å². The second kappa shape index (κ2) is 12.5. The van der Waals surface area contributed by atoms with Crippen molar-refractivity contribution in [1.29, 1.82) is 0 Å². The molecule has 1 heterocycles. The maximum atomic E-state index is 11.0. The zero-order chi connectivity index (χ0) is 26.3. The van der Waals surface area contributed by atoms with Crippen molar-refractivity contribution < 1.29 is 28.9 Å². The summed E-state index contributed by atoms with van der Waals surface area (Å²) in [6.45, 7) is 10.6. The van der Waals surface area contributed by atoms with Crippen molar-refractivity contribution in [3.05, 3.63) is 60.7 Å². The lowest BCUT2D eigenvalue weighted by atomic mass is 10.0. The number of aliphatic hydroxyl groups is 1. The molecule has 1 aliphatic heterocycles. The van der Waals surface area contributed by atoms with E-state index in [4.69, 9.17) is 19.0 Å². The summed E-state index contributed by atoms with van der Waals surface area (Å²) in [7, 11) is -2.77. The minimum absolute atomic E-state index is 0.139. The van der Waals surface area contributed by atoms with Crippen LogP contribution in [0.5, 0.6) is 0 Å². The van der Waals surface area contributed by atoms with Crippen LogP contribution in [0.2, 0.25) is 5.04 Å². The molecule has 2 N–H and O–H groups in total. The largest absolute Gasteiger partial charge is 0.481 e. The number of aliphatic hydroxyl groups excluding tert-OH is 1. The van der Waals surface area contributed by atoms with E-state index in [9.17, 15) is 9.90 Å². The Morgan fingerprint density at radius 2 is 1.61 bits per heavy atom. The van der Waals surface area contributed by atoms with E-state index in [1.807, 2.05) is 26.0 Å². The molecule has 2 aromatic rings. The molecule has 0 bridgehead atoms. The third kappa shape index (κ3) is 6.84.